The second-order valence-corrected chi connectivity index (χ2v) is 10.4. The molecule has 0 unspecified atom stereocenters. The lowest BCUT2D eigenvalue weighted by Crippen LogP contribution is -3.11. The number of likely N-dealkylation sites (tertiary alicyclic amines) is 1. The van der Waals surface area contributed by atoms with Crippen molar-refractivity contribution in [1.82, 2.24) is 19.9 Å². The van der Waals surface area contributed by atoms with Gasteiger partial charge in [0.1, 0.15) is 17.2 Å². The third-order valence-electron chi connectivity index (χ3n) is 7.22. The highest BCUT2D eigenvalue weighted by Crippen LogP contribution is 2.40. The largest absolute Gasteiger partial charge is 0.352 e. The van der Waals surface area contributed by atoms with Gasteiger partial charge in [0.05, 0.1) is 18.5 Å². The zero-order chi connectivity index (χ0) is 21.3. The van der Waals surface area contributed by atoms with E-state index in [1.54, 1.807) is 9.78 Å². The average molecular weight is 451 g/mol. The fourth-order valence-electron chi connectivity index (χ4n) is 5.51. The summed E-state index contributed by atoms with van der Waals surface area (Å²) >= 11 is 1.93. The van der Waals surface area contributed by atoms with Crippen molar-refractivity contribution >= 4 is 33.3 Å². The molecule has 32 heavy (non-hydrogen) atoms. The van der Waals surface area contributed by atoms with Crippen LogP contribution in [0.2, 0.25) is 0 Å². The van der Waals surface area contributed by atoms with Crippen molar-refractivity contribution in [2.45, 2.75) is 51.5 Å². The van der Waals surface area contributed by atoms with E-state index in [0.29, 0.717) is 0 Å². The number of rotatable bonds is 4. The number of nitrogens with zero attached hydrogens (tertiary/aromatic N) is 6. The molecule has 0 radical (unpaired) electrons. The summed E-state index contributed by atoms with van der Waals surface area (Å²) in [5, 5.41) is 1.35. The van der Waals surface area contributed by atoms with Gasteiger partial charge in [-0.1, -0.05) is 0 Å². The first-order valence-corrected chi connectivity index (χ1v) is 13.1. The number of hydrogen-bond acceptors (Lipinski definition) is 7. The van der Waals surface area contributed by atoms with Crippen LogP contribution >= 0.6 is 11.3 Å². The Bertz CT molecular complexity index is 1070. The Morgan fingerprint density at radius 1 is 0.844 bits per heavy atom. The van der Waals surface area contributed by atoms with Crippen molar-refractivity contribution < 1.29 is 4.90 Å². The molecule has 0 aromatic carbocycles. The highest BCUT2D eigenvalue weighted by molar-refractivity contribution is 7.19. The summed E-state index contributed by atoms with van der Waals surface area (Å²) in [5.41, 5.74) is 1.54. The van der Waals surface area contributed by atoms with Gasteiger partial charge in [0.25, 0.3) is 0 Å². The van der Waals surface area contributed by atoms with Gasteiger partial charge in [0.15, 0.2) is 5.82 Å². The van der Waals surface area contributed by atoms with E-state index < -0.39 is 0 Å². The van der Waals surface area contributed by atoms with Crippen LogP contribution in [-0.4, -0.2) is 59.2 Å². The van der Waals surface area contributed by atoms with Crippen LogP contribution < -0.4 is 14.7 Å². The number of aromatic nitrogens is 4. The van der Waals surface area contributed by atoms with Gasteiger partial charge in [0, 0.05) is 43.4 Å². The van der Waals surface area contributed by atoms with Gasteiger partial charge < -0.3 is 14.7 Å². The Balaban J connectivity index is 1.32. The number of fused-ring (bicyclic) bond motifs is 3. The van der Waals surface area contributed by atoms with E-state index in [0.717, 1.165) is 44.5 Å². The molecule has 0 amide bonds. The van der Waals surface area contributed by atoms with Crippen molar-refractivity contribution in [2.75, 3.05) is 49.1 Å². The van der Waals surface area contributed by atoms with Crippen LogP contribution in [0.25, 0.3) is 10.2 Å². The highest BCUT2D eigenvalue weighted by atomic mass is 32.1. The fraction of sp³-hybridized carbons (Fsp3) is 0.583. The number of thiophene rings is 1. The molecule has 2 aliphatic heterocycles. The van der Waals surface area contributed by atoms with E-state index in [1.165, 1.54) is 79.6 Å². The maximum atomic E-state index is 5.25. The predicted octanol–water partition coefficient (Wildman–Crippen LogP) is 2.26. The molecule has 0 saturated carbocycles. The number of anilines is 2. The molecule has 0 atom stereocenters. The zero-order valence-corrected chi connectivity index (χ0v) is 19.5. The van der Waals surface area contributed by atoms with Crippen molar-refractivity contribution in [1.29, 1.82) is 0 Å². The van der Waals surface area contributed by atoms with E-state index in [2.05, 4.69) is 19.8 Å². The van der Waals surface area contributed by atoms with Crippen LogP contribution in [0.5, 0.6) is 0 Å². The summed E-state index contributed by atoms with van der Waals surface area (Å²) in [6.45, 7) is 7.23. The third-order valence-corrected chi connectivity index (χ3v) is 8.41. The zero-order valence-electron chi connectivity index (χ0n) is 18.7. The molecule has 3 aromatic rings. The molecule has 3 aliphatic rings. The number of aryl methyl sites for hydroxylation is 2. The van der Waals surface area contributed by atoms with Gasteiger partial charge in [0.2, 0.25) is 5.95 Å². The minimum atomic E-state index is 0.835. The molecule has 0 spiro atoms. The standard InChI is InChI=1S/C24H31N7S/c1-4-11-29(12-5-1)17-20-27-22(21-18-7-2-3-8-19(18)32-23(21)28-20)30-13-15-31(16-14-30)24-25-9-6-10-26-24/h6,9-10H,1-5,7-8,11-17H2/p+1. The van der Waals surface area contributed by atoms with Crippen LogP contribution in [0.3, 0.4) is 0 Å². The Morgan fingerprint density at radius 3 is 2.41 bits per heavy atom. The number of piperidine rings is 1. The Labute approximate surface area is 193 Å². The molecular formula is C24H32N7S+. The Hall–Kier alpha value is -2.32. The van der Waals surface area contributed by atoms with Gasteiger partial charge in [-0.05, 0) is 56.6 Å². The molecule has 6 rings (SSSR count). The van der Waals surface area contributed by atoms with E-state index in [-0.39, 0.29) is 0 Å². The maximum absolute atomic E-state index is 5.25. The molecule has 1 N–H and O–H groups in total. The molecule has 1 aliphatic carbocycles. The monoisotopic (exact) mass is 450 g/mol. The SMILES string of the molecule is c1cnc(N2CCN(c3nc(C[NH+]4CCCCC4)nc4sc5c(c34)CCCC5)CC2)nc1. The summed E-state index contributed by atoms with van der Waals surface area (Å²) < 4.78 is 0. The summed E-state index contributed by atoms with van der Waals surface area (Å²) in [7, 11) is 0. The van der Waals surface area contributed by atoms with Crippen molar-refractivity contribution in [2.24, 2.45) is 0 Å². The molecule has 7 nitrogen and oxygen atoms in total. The smallest absolute Gasteiger partial charge is 0.225 e. The molecule has 0 bridgehead atoms. The van der Waals surface area contributed by atoms with Crippen LogP contribution in [0.15, 0.2) is 18.5 Å². The second kappa shape index (κ2) is 8.90. The van der Waals surface area contributed by atoms with Crippen LogP contribution in [-0.2, 0) is 19.4 Å². The molecule has 2 saturated heterocycles. The molecule has 2 fully saturated rings. The summed E-state index contributed by atoms with van der Waals surface area (Å²) in [5.74, 6) is 3.06. The first kappa shape index (κ1) is 20.3. The number of hydrogen-bond donors (Lipinski definition) is 1. The van der Waals surface area contributed by atoms with Crippen molar-refractivity contribution in [3.8, 4) is 0 Å². The normalized spacial score (nSPS) is 20.0. The van der Waals surface area contributed by atoms with E-state index in [9.17, 15) is 0 Å². The lowest BCUT2D eigenvalue weighted by Gasteiger charge is -2.36. The van der Waals surface area contributed by atoms with E-state index >= 15 is 0 Å². The molecule has 8 heteroatoms. The average Bonchev–Trinajstić information content (AvgIpc) is 3.23. The lowest BCUT2D eigenvalue weighted by molar-refractivity contribution is -0.919. The Kier molecular flexibility index (Phi) is 5.65. The topological polar surface area (TPSA) is 62.5 Å². The van der Waals surface area contributed by atoms with Crippen LogP contribution in [0.1, 0.15) is 48.4 Å². The summed E-state index contributed by atoms with van der Waals surface area (Å²) in [6.07, 6.45) is 12.7. The minimum absolute atomic E-state index is 0.835. The number of nitrogens with one attached hydrogen (secondary N) is 1. The number of piperazine rings is 1. The molecule has 5 heterocycles. The van der Waals surface area contributed by atoms with Crippen LogP contribution in [0, 0.1) is 0 Å². The quantitative estimate of drug-likeness (QED) is 0.658. The van der Waals surface area contributed by atoms with E-state index in [4.69, 9.17) is 9.97 Å². The summed E-state index contributed by atoms with van der Waals surface area (Å²) in [4.78, 5) is 28.5. The van der Waals surface area contributed by atoms with Crippen molar-refractivity contribution in [3.63, 3.8) is 0 Å². The van der Waals surface area contributed by atoms with Gasteiger partial charge in [-0.3, -0.25) is 0 Å². The van der Waals surface area contributed by atoms with Gasteiger partial charge in [-0.15, -0.1) is 11.3 Å². The summed E-state index contributed by atoms with van der Waals surface area (Å²) in [6, 6.07) is 1.88. The van der Waals surface area contributed by atoms with Gasteiger partial charge >= 0.3 is 0 Å². The predicted molar refractivity (Wildman–Crippen MR) is 129 cm³/mol. The third kappa shape index (κ3) is 3.94. The van der Waals surface area contributed by atoms with Gasteiger partial charge in [-0.25, -0.2) is 19.9 Å². The van der Waals surface area contributed by atoms with E-state index in [1.807, 2.05) is 29.8 Å². The molecular weight excluding hydrogens is 418 g/mol. The van der Waals surface area contributed by atoms with Crippen molar-refractivity contribution in [3.05, 3.63) is 34.7 Å². The highest BCUT2D eigenvalue weighted by Gasteiger charge is 2.27. The fourth-order valence-corrected chi connectivity index (χ4v) is 6.79. The molecule has 168 valence electrons. The number of quaternary nitrogens is 1. The lowest BCUT2D eigenvalue weighted by atomic mass is 9.97. The minimum Gasteiger partial charge on any atom is -0.352 e. The first-order valence-electron chi connectivity index (χ1n) is 12.3. The Morgan fingerprint density at radius 2 is 1.59 bits per heavy atom. The maximum Gasteiger partial charge on any atom is 0.225 e. The molecule has 3 aromatic heterocycles. The second-order valence-electron chi connectivity index (χ2n) is 9.36. The first-order chi connectivity index (χ1) is 15.8. The van der Waals surface area contributed by atoms with Gasteiger partial charge in [-0.2, -0.15) is 0 Å². The van der Waals surface area contributed by atoms with Crippen LogP contribution in [0.4, 0.5) is 11.8 Å².